The number of nitro groups is 1. The number of hydrogen-bond donors (Lipinski definition) is 2. The zero-order chi connectivity index (χ0) is 17.5. The standard InChI is InChI=1S/C16H12FN3O4/c17-12-8-5-11(6-9-12)7-10-15(21)18-19-16(22)13-3-1-2-4-14(13)20(23)24/h1-10H,(H,18,21)(H,19,22). The number of rotatable bonds is 4. The van der Waals surface area contributed by atoms with Crippen molar-refractivity contribution in [1.82, 2.24) is 10.9 Å². The minimum atomic E-state index is -0.814. The number of hydrogen-bond acceptors (Lipinski definition) is 4. The number of hydrazine groups is 1. The molecule has 0 heterocycles. The topological polar surface area (TPSA) is 101 Å². The molecule has 2 rings (SSSR count). The first-order chi connectivity index (χ1) is 11.5. The van der Waals surface area contributed by atoms with Crippen LogP contribution in [0.2, 0.25) is 0 Å². The molecule has 0 spiro atoms. The van der Waals surface area contributed by atoms with Crippen molar-refractivity contribution in [3.8, 4) is 0 Å². The predicted molar refractivity (Wildman–Crippen MR) is 84.1 cm³/mol. The Morgan fingerprint density at radius 1 is 1.04 bits per heavy atom. The number of para-hydroxylation sites is 1. The molecule has 2 N–H and O–H groups in total. The van der Waals surface area contributed by atoms with Crippen LogP contribution in [0.25, 0.3) is 6.08 Å². The average molecular weight is 329 g/mol. The molecule has 0 aliphatic carbocycles. The lowest BCUT2D eigenvalue weighted by atomic mass is 10.2. The third-order valence-electron chi connectivity index (χ3n) is 2.94. The second-order valence-electron chi connectivity index (χ2n) is 4.60. The number of carbonyl (C=O) groups is 2. The van der Waals surface area contributed by atoms with Crippen LogP contribution in [0.5, 0.6) is 0 Å². The van der Waals surface area contributed by atoms with E-state index in [4.69, 9.17) is 0 Å². The molecule has 0 saturated carbocycles. The summed E-state index contributed by atoms with van der Waals surface area (Å²) in [6, 6.07) is 10.8. The molecule has 0 aromatic heterocycles. The highest BCUT2D eigenvalue weighted by Gasteiger charge is 2.19. The fourth-order valence-electron chi connectivity index (χ4n) is 1.80. The van der Waals surface area contributed by atoms with E-state index in [0.29, 0.717) is 5.56 Å². The van der Waals surface area contributed by atoms with E-state index in [1.807, 2.05) is 0 Å². The summed E-state index contributed by atoms with van der Waals surface area (Å²) in [4.78, 5) is 33.7. The van der Waals surface area contributed by atoms with Gasteiger partial charge in [-0.2, -0.15) is 0 Å². The first-order valence-electron chi connectivity index (χ1n) is 6.75. The summed E-state index contributed by atoms with van der Waals surface area (Å²) in [5.74, 6) is -1.86. The Morgan fingerprint density at radius 3 is 2.38 bits per heavy atom. The lowest BCUT2D eigenvalue weighted by Gasteiger charge is -2.05. The van der Waals surface area contributed by atoms with Crippen LogP contribution in [0.4, 0.5) is 10.1 Å². The molecule has 2 amide bonds. The molecule has 0 unspecified atom stereocenters. The molecule has 0 aliphatic heterocycles. The van der Waals surface area contributed by atoms with Crippen molar-refractivity contribution in [2.24, 2.45) is 0 Å². The van der Waals surface area contributed by atoms with Gasteiger partial charge in [-0.05, 0) is 29.8 Å². The Labute approximate surface area is 135 Å². The highest BCUT2D eigenvalue weighted by molar-refractivity contribution is 6.00. The van der Waals surface area contributed by atoms with Crippen LogP contribution < -0.4 is 10.9 Å². The number of carbonyl (C=O) groups excluding carboxylic acids is 2. The van der Waals surface area contributed by atoms with Gasteiger partial charge in [0, 0.05) is 12.1 Å². The van der Waals surface area contributed by atoms with E-state index < -0.39 is 22.6 Å². The Hall–Kier alpha value is -3.55. The lowest BCUT2D eigenvalue weighted by Crippen LogP contribution is -2.40. The molecule has 0 bridgehead atoms. The summed E-state index contributed by atoms with van der Waals surface area (Å²) in [6.45, 7) is 0. The van der Waals surface area contributed by atoms with Gasteiger partial charge in [0.2, 0.25) is 0 Å². The van der Waals surface area contributed by atoms with Gasteiger partial charge in [-0.25, -0.2) is 4.39 Å². The van der Waals surface area contributed by atoms with Crippen LogP contribution in [0.1, 0.15) is 15.9 Å². The van der Waals surface area contributed by atoms with Crippen molar-refractivity contribution in [2.45, 2.75) is 0 Å². The molecule has 0 saturated heterocycles. The van der Waals surface area contributed by atoms with Gasteiger partial charge in [-0.15, -0.1) is 0 Å². The van der Waals surface area contributed by atoms with Gasteiger partial charge in [0.15, 0.2) is 0 Å². The molecule has 0 aliphatic rings. The van der Waals surface area contributed by atoms with Crippen molar-refractivity contribution in [1.29, 1.82) is 0 Å². The normalized spacial score (nSPS) is 10.4. The van der Waals surface area contributed by atoms with Crippen molar-refractivity contribution in [2.75, 3.05) is 0 Å². The summed E-state index contributed by atoms with van der Waals surface area (Å²) < 4.78 is 12.7. The Morgan fingerprint density at radius 2 is 1.71 bits per heavy atom. The Bertz CT molecular complexity index is 803. The quantitative estimate of drug-likeness (QED) is 0.510. The first kappa shape index (κ1) is 16.8. The summed E-state index contributed by atoms with van der Waals surface area (Å²) in [5, 5.41) is 10.8. The van der Waals surface area contributed by atoms with E-state index >= 15 is 0 Å². The zero-order valence-electron chi connectivity index (χ0n) is 12.2. The average Bonchev–Trinajstić information content (AvgIpc) is 2.59. The van der Waals surface area contributed by atoms with E-state index in [1.165, 1.54) is 54.6 Å². The van der Waals surface area contributed by atoms with E-state index in [2.05, 4.69) is 10.9 Å². The molecule has 24 heavy (non-hydrogen) atoms. The first-order valence-corrected chi connectivity index (χ1v) is 6.75. The Balaban J connectivity index is 1.95. The van der Waals surface area contributed by atoms with Gasteiger partial charge < -0.3 is 0 Å². The maximum Gasteiger partial charge on any atom is 0.282 e. The number of nitrogens with one attached hydrogen (secondary N) is 2. The smallest absolute Gasteiger partial charge is 0.268 e. The lowest BCUT2D eigenvalue weighted by molar-refractivity contribution is -0.385. The second-order valence-corrected chi connectivity index (χ2v) is 4.60. The molecule has 2 aromatic carbocycles. The molecule has 0 radical (unpaired) electrons. The molecule has 2 aromatic rings. The van der Waals surface area contributed by atoms with Crippen LogP contribution in [-0.4, -0.2) is 16.7 Å². The third-order valence-corrected chi connectivity index (χ3v) is 2.94. The number of nitrogens with zero attached hydrogens (tertiary/aromatic N) is 1. The van der Waals surface area contributed by atoms with E-state index in [9.17, 15) is 24.1 Å². The highest BCUT2D eigenvalue weighted by Crippen LogP contribution is 2.16. The fraction of sp³-hybridized carbons (Fsp3) is 0. The number of nitro benzene ring substituents is 1. The summed E-state index contributed by atoms with van der Waals surface area (Å²) in [6.07, 6.45) is 2.55. The minimum Gasteiger partial charge on any atom is -0.268 e. The number of amides is 2. The van der Waals surface area contributed by atoms with Crippen LogP contribution in [0.15, 0.2) is 54.6 Å². The molecule has 122 valence electrons. The van der Waals surface area contributed by atoms with Gasteiger partial charge in [0.25, 0.3) is 17.5 Å². The summed E-state index contributed by atoms with van der Waals surface area (Å²) >= 11 is 0. The zero-order valence-corrected chi connectivity index (χ0v) is 12.2. The van der Waals surface area contributed by atoms with Crippen molar-refractivity contribution >= 4 is 23.6 Å². The van der Waals surface area contributed by atoms with Gasteiger partial charge in [0.1, 0.15) is 11.4 Å². The van der Waals surface area contributed by atoms with Crippen LogP contribution in [0.3, 0.4) is 0 Å². The van der Waals surface area contributed by atoms with Gasteiger partial charge in [-0.3, -0.25) is 30.6 Å². The SMILES string of the molecule is O=C(C=Cc1ccc(F)cc1)NNC(=O)c1ccccc1[N+](=O)[O-]. The Kier molecular flexibility index (Phi) is 5.35. The van der Waals surface area contributed by atoms with Crippen LogP contribution in [-0.2, 0) is 4.79 Å². The second kappa shape index (κ2) is 7.63. The maximum absolute atomic E-state index is 12.7. The number of halogens is 1. The van der Waals surface area contributed by atoms with E-state index in [1.54, 1.807) is 0 Å². The van der Waals surface area contributed by atoms with Crippen molar-refractivity contribution in [3.05, 3.63) is 81.7 Å². The fourth-order valence-corrected chi connectivity index (χ4v) is 1.80. The molecule has 8 heteroatoms. The summed E-state index contributed by atoms with van der Waals surface area (Å²) in [5.41, 5.74) is 4.24. The highest BCUT2D eigenvalue weighted by atomic mass is 19.1. The summed E-state index contributed by atoms with van der Waals surface area (Å²) in [7, 11) is 0. The van der Waals surface area contributed by atoms with Gasteiger partial charge in [-0.1, -0.05) is 24.3 Å². The minimum absolute atomic E-state index is 0.176. The maximum atomic E-state index is 12.7. The van der Waals surface area contributed by atoms with Crippen LogP contribution >= 0.6 is 0 Å². The van der Waals surface area contributed by atoms with Crippen LogP contribution in [0, 0.1) is 15.9 Å². The molecule has 0 atom stereocenters. The number of benzene rings is 2. The monoisotopic (exact) mass is 329 g/mol. The molecule has 7 nitrogen and oxygen atoms in total. The van der Waals surface area contributed by atoms with Gasteiger partial charge in [0.05, 0.1) is 4.92 Å². The van der Waals surface area contributed by atoms with E-state index in [-0.39, 0.29) is 11.3 Å². The van der Waals surface area contributed by atoms with Crippen molar-refractivity contribution in [3.63, 3.8) is 0 Å². The van der Waals surface area contributed by atoms with E-state index in [0.717, 1.165) is 6.08 Å². The third kappa shape index (κ3) is 4.47. The van der Waals surface area contributed by atoms with Gasteiger partial charge >= 0.3 is 0 Å². The largest absolute Gasteiger partial charge is 0.282 e. The van der Waals surface area contributed by atoms with Crippen molar-refractivity contribution < 1.29 is 18.9 Å². The molecular weight excluding hydrogens is 317 g/mol. The predicted octanol–water partition coefficient (Wildman–Crippen LogP) is 2.21. The molecular formula is C16H12FN3O4. The molecule has 0 fully saturated rings.